The van der Waals surface area contributed by atoms with Crippen molar-refractivity contribution in [3.63, 3.8) is 0 Å². The van der Waals surface area contributed by atoms with Crippen molar-refractivity contribution in [1.29, 1.82) is 0 Å². The van der Waals surface area contributed by atoms with Crippen LogP contribution in [0.2, 0.25) is 0 Å². The Balaban J connectivity index is 1.48. The van der Waals surface area contributed by atoms with Gasteiger partial charge in [-0.1, -0.05) is 134 Å². The minimum atomic E-state index is 1.01. The molecule has 0 N–H and O–H groups in total. The van der Waals surface area contributed by atoms with Crippen molar-refractivity contribution in [1.82, 2.24) is 0 Å². The second kappa shape index (κ2) is 14.9. The molecular formula is C50H52. The molecule has 252 valence electrons. The van der Waals surface area contributed by atoms with Crippen LogP contribution in [-0.4, -0.2) is 0 Å². The lowest BCUT2D eigenvalue weighted by Gasteiger charge is -2.24. The average molecular weight is 653 g/mol. The zero-order valence-electron chi connectivity index (χ0n) is 31.4. The van der Waals surface area contributed by atoms with E-state index in [4.69, 9.17) is 0 Å². The molecule has 4 aromatic carbocycles. The van der Waals surface area contributed by atoms with Gasteiger partial charge in [-0.25, -0.2) is 0 Å². The monoisotopic (exact) mass is 652 g/mol. The smallest absolute Gasteiger partial charge is 0.000740 e. The van der Waals surface area contributed by atoms with Crippen molar-refractivity contribution in [2.75, 3.05) is 0 Å². The van der Waals surface area contributed by atoms with Gasteiger partial charge in [-0.05, 0) is 169 Å². The fourth-order valence-corrected chi connectivity index (χ4v) is 7.99. The first-order chi connectivity index (χ1) is 24.1. The molecule has 0 heteroatoms. The van der Waals surface area contributed by atoms with E-state index in [1.54, 1.807) is 0 Å². The Kier molecular flexibility index (Phi) is 10.4. The molecule has 0 amide bonds. The third-order valence-corrected chi connectivity index (χ3v) is 11.0. The molecule has 0 radical (unpaired) electrons. The lowest BCUT2D eigenvalue weighted by atomic mass is 9.80. The van der Waals surface area contributed by atoms with Crippen LogP contribution in [0.1, 0.15) is 94.2 Å². The third kappa shape index (κ3) is 6.77. The molecule has 0 unspecified atom stereocenters. The minimum Gasteiger partial charge on any atom is -0.0955 e. The Morgan fingerprint density at radius 2 is 1.28 bits per heavy atom. The van der Waals surface area contributed by atoms with E-state index in [1.165, 1.54) is 100 Å². The molecule has 2 aliphatic rings. The van der Waals surface area contributed by atoms with Gasteiger partial charge in [0.1, 0.15) is 0 Å². The standard InChI is InChI=1S/C50H52/c1-10-33(4)25-26-35(6)50(40-29-27-39(28-30-40)45-23-16-24-47-46-20-14-12-18-41(46)31-48(45)47)37(8)36(7)49(32(2)3)44-22-15-21-43(38(44)9)42-19-13-11-17-34(42)5/h11-27,29H,2,10,28,30-31H2,1,3-9H3/b33-25-,35-26+,49-36+,50-37-. The molecule has 0 fully saturated rings. The van der Waals surface area contributed by atoms with E-state index in [1.807, 2.05) is 0 Å². The Bertz CT molecular complexity index is 2180. The van der Waals surface area contributed by atoms with Crippen LogP contribution < -0.4 is 0 Å². The summed E-state index contributed by atoms with van der Waals surface area (Å²) in [5.41, 5.74) is 25.4. The van der Waals surface area contributed by atoms with Crippen molar-refractivity contribution < 1.29 is 0 Å². The normalized spacial score (nSPS) is 15.4. The summed E-state index contributed by atoms with van der Waals surface area (Å²) in [6.07, 6.45) is 13.5. The first kappa shape index (κ1) is 34.9. The van der Waals surface area contributed by atoms with Crippen LogP contribution in [0, 0.1) is 13.8 Å². The van der Waals surface area contributed by atoms with E-state index in [9.17, 15) is 0 Å². The van der Waals surface area contributed by atoms with Gasteiger partial charge in [0.05, 0.1) is 0 Å². The number of hydrogen-bond acceptors (Lipinski definition) is 0. The van der Waals surface area contributed by atoms with Gasteiger partial charge < -0.3 is 0 Å². The highest BCUT2D eigenvalue weighted by Gasteiger charge is 2.24. The quantitative estimate of drug-likeness (QED) is 0.139. The number of allylic oxidation sites excluding steroid dienone is 13. The zero-order chi connectivity index (χ0) is 35.5. The van der Waals surface area contributed by atoms with Crippen LogP contribution in [0.4, 0.5) is 0 Å². The summed E-state index contributed by atoms with van der Waals surface area (Å²) in [5, 5.41) is 0. The van der Waals surface area contributed by atoms with Crippen molar-refractivity contribution in [3.05, 3.63) is 188 Å². The second-order valence-corrected chi connectivity index (χ2v) is 14.3. The average Bonchev–Trinajstić information content (AvgIpc) is 3.51. The molecule has 0 heterocycles. The van der Waals surface area contributed by atoms with E-state index in [0.717, 1.165) is 31.3 Å². The molecule has 0 nitrogen and oxygen atoms in total. The summed E-state index contributed by atoms with van der Waals surface area (Å²) in [4.78, 5) is 0. The fraction of sp³-hybridized carbons (Fsp3) is 0.240. The molecule has 0 saturated heterocycles. The Hall–Kier alpha value is -4.94. The van der Waals surface area contributed by atoms with E-state index in [2.05, 4.69) is 171 Å². The van der Waals surface area contributed by atoms with Crippen LogP contribution in [0.15, 0.2) is 155 Å². The van der Waals surface area contributed by atoms with E-state index in [0.29, 0.717) is 0 Å². The Labute approximate surface area is 301 Å². The molecule has 50 heavy (non-hydrogen) atoms. The Morgan fingerprint density at radius 1 is 0.640 bits per heavy atom. The predicted molar refractivity (Wildman–Crippen MR) is 219 cm³/mol. The number of fused-ring (bicyclic) bond motifs is 3. The van der Waals surface area contributed by atoms with Gasteiger partial charge in [0.2, 0.25) is 0 Å². The fourth-order valence-electron chi connectivity index (χ4n) is 7.99. The number of rotatable bonds is 9. The highest BCUT2D eigenvalue weighted by atomic mass is 14.3. The summed E-state index contributed by atoms with van der Waals surface area (Å²) in [7, 11) is 0. The van der Waals surface area contributed by atoms with Gasteiger partial charge in [0.25, 0.3) is 0 Å². The van der Waals surface area contributed by atoms with Gasteiger partial charge >= 0.3 is 0 Å². The summed E-state index contributed by atoms with van der Waals surface area (Å²) >= 11 is 0. The maximum Gasteiger partial charge on any atom is -0.000740 e. The van der Waals surface area contributed by atoms with Crippen LogP contribution in [0.25, 0.3) is 33.4 Å². The van der Waals surface area contributed by atoms with Gasteiger partial charge in [-0.2, -0.15) is 0 Å². The summed E-state index contributed by atoms with van der Waals surface area (Å²) in [6.45, 7) is 22.5. The van der Waals surface area contributed by atoms with Gasteiger partial charge in [0, 0.05) is 0 Å². The van der Waals surface area contributed by atoms with Crippen LogP contribution in [0.5, 0.6) is 0 Å². The van der Waals surface area contributed by atoms with E-state index in [-0.39, 0.29) is 0 Å². The molecule has 0 atom stereocenters. The maximum atomic E-state index is 4.54. The minimum absolute atomic E-state index is 1.01. The van der Waals surface area contributed by atoms with Gasteiger partial charge in [0.15, 0.2) is 0 Å². The van der Waals surface area contributed by atoms with Crippen LogP contribution in [-0.2, 0) is 6.42 Å². The Morgan fingerprint density at radius 3 is 1.98 bits per heavy atom. The largest absolute Gasteiger partial charge is 0.0955 e. The molecule has 0 aromatic heterocycles. The molecule has 0 bridgehead atoms. The molecular weight excluding hydrogens is 601 g/mol. The molecule has 2 aliphatic carbocycles. The van der Waals surface area contributed by atoms with Gasteiger partial charge in [-0.3, -0.25) is 0 Å². The first-order valence-corrected chi connectivity index (χ1v) is 18.3. The molecule has 0 spiro atoms. The summed E-state index contributed by atoms with van der Waals surface area (Å²) < 4.78 is 0. The van der Waals surface area contributed by atoms with Crippen molar-refractivity contribution in [2.24, 2.45) is 0 Å². The maximum absolute atomic E-state index is 4.54. The zero-order valence-corrected chi connectivity index (χ0v) is 31.4. The van der Waals surface area contributed by atoms with Gasteiger partial charge in [-0.15, -0.1) is 0 Å². The van der Waals surface area contributed by atoms with Crippen molar-refractivity contribution in [2.45, 2.75) is 81.1 Å². The van der Waals surface area contributed by atoms with Crippen molar-refractivity contribution >= 4 is 11.1 Å². The second-order valence-electron chi connectivity index (χ2n) is 14.3. The van der Waals surface area contributed by atoms with E-state index < -0.39 is 0 Å². The first-order valence-electron chi connectivity index (χ1n) is 18.3. The number of benzene rings is 4. The molecule has 0 saturated carbocycles. The highest BCUT2D eigenvalue weighted by molar-refractivity contribution is 5.88. The van der Waals surface area contributed by atoms with Crippen LogP contribution >= 0.6 is 0 Å². The van der Waals surface area contributed by atoms with Crippen molar-refractivity contribution in [3.8, 4) is 22.3 Å². The highest BCUT2D eigenvalue weighted by Crippen LogP contribution is 2.44. The topological polar surface area (TPSA) is 0 Å². The summed E-state index contributed by atoms with van der Waals surface area (Å²) in [6, 6.07) is 31.2. The van der Waals surface area contributed by atoms with E-state index >= 15 is 0 Å². The summed E-state index contributed by atoms with van der Waals surface area (Å²) in [5.74, 6) is 0. The number of hydrogen-bond donors (Lipinski definition) is 0. The number of aryl methyl sites for hydroxylation is 1. The molecule has 4 aromatic rings. The predicted octanol–water partition coefficient (Wildman–Crippen LogP) is 14.3. The lowest BCUT2D eigenvalue weighted by molar-refractivity contribution is 0.975. The molecule has 0 aliphatic heterocycles. The molecule has 6 rings (SSSR count). The SMILES string of the molecule is C=C(C)\C(=C(C)/C(C)=C(C1=CC=C(c2cccc3c2Cc2ccccc2-3)CC1)/C(C)=C/C=C(/C)CC)c1cccc(-c2ccccc2C)c1C. The lowest BCUT2D eigenvalue weighted by Crippen LogP contribution is -2.04. The third-order valence-electron chi connectivity index (χ3n) is 11.0. The van der Waals surface area contributed by atoms with Crippen LogP contribution in [0.3, 0.4) is 0 Å².